The molecule has 1 fully saturated rings. The SMILES string of the molecule is COc1cc(NC(=O)[C@@H]2CCCN(c3ncccn3)C2)cc(OC)c1. The summed E-state index contributed by atoms with van der Waals surface area (Å²) in [7, 11) is 3.17. The molecule has 1 aliphatic rings. The topological polar surface area (TPSA) is 76.6 Å². The maximum absolute atomic E-state index is 12.7. The molecule has 7 nitrogen and oxygen atoms in total. The standard InChI is InChI=1S/C18H22N4O3/c1-24-15-9-14(10-16(11-15)25-2)21-17(23)13-5-3-8-22(12-13)18-19-6-4-7-20-18/h4,6-7,9-11,13H,3,5,8,12H2,1-2H3,(H,21,23)/t13-/m1/s1. The van der Waals surface area contributed by atoms with Crippen LogP contribution in [0.3, 0.4) is 0 Å². The van der Waals surface area contributed by atoms with Gasteiger partial charge in [-0.25, -0.2) is 9.97 Å². The summed E-state index contributed by atoms with van der Waals surface area (Å²) in [5.74, 6) is 1.81. The first-order valence-corrected chi connectivity index (χ1v) is 8.25. The Kier molecular flexibility index (Phi) is 5.33. The summed E-state index contributed by atoms with van der Waals surface area (Å²) in [6, 6.07) is 7.11. The predicted octanol–water partition coefficient (Wildman–Crippen LogP) is 2.35. The van der Waals surface area contributed by atoms with Gasteiger partial charge in [0.15, 0.2) is 0 Å². The van der Waals surface area contributed by atoms with Crippen LogP contribution in [0.2, 0.25) is 0 Å². The lowest BCUT2D eigenvalue weighted by molar-refractivity contribution is -0.120. The summed E-state index contributed by atoms with van der Waals surface area (Å²) in [5.41, 5.74) is 0.661. The Bertz CT molecular complexity index is 701. The van der Waals surface area contributed by atoms with Crippen LogP contribution >= 0.6 is 0 Å². The molecule has 0 unspecified atom stereocenters. The van der Waals surface area contributed by atoms with E-state index in [-0.39, 0.29) is 11.8 Å². The number of methoxy groups -OCH3 is 2. The number of benzene rings is 1. The van der Waals surface area contributed by atoms with Crippen molar-refractivity contribution in [3.63, 3.8) is 0 Å². The molecule has 1 saturated heterocycles. The van der Waals surface area contributed by atoms with E-state index in [1.807, 2.05) is 0 Å². The number of anilines is 2. The van der Waals surface area contributed by atoms with E-state index < -0.39 is 0 Å². The van der Waals surface area contributed by atoms with Crippen molar-refractivity contribution in [2.24, 2.45) is 5.92 Å². The summed E-state index contributed by atoms with van der Waals surface area (Å²) in [6.45, 7) is 1.47. The number of nitrogens with one attached hydrogen (secondary N) is 1. The molecule has 1 aliphatic heterocycles. The minimum atomic E-state index is -0.116. The highest BCUT2D eigenvalue weighted by molar-refractivity contribution is 5.93. The van der Waals surface area contributed by atoms with Crippen molar-refractivity contribution >= 4 is 17.5 Å². The Balaban J connectivity index is 1.68. The molecule has 2 heterocycles. The van der Waals surface area contributed by atoms with Crippen molar-refractivity contribution < 1.29 is 14.3 Å². The zero-order valence-corrected chi connectivity index (χ0v) is 14.4. The van der Waals surface area contributed by atoms with Crippen LogP contribution in [0.5, 0.6) is 11.5 Å². The fourth-order valence-corrected chi connectivity index (χ4v) is 2.95. The number of hydrogen-bond donors (Lipinski definition) is 1. The fraction of sp³-hybridized carbons (Fsp3) is 0.389. The van der Waals surface area contributed by atoms with Gasteiger partial charge in [0.25, 0.3) is 0 Å². The third-order valence-corrected chi connectivity index (χ3v) is 4.25. The first kappa shape index (κ1) is 17.0. The van der Waals surface area contributed by atoms with Gasteiger partial charge in [-0.1, -0.05) is 0 Å². The third kappa shape index (κ3) is 4.17. The molecule has 0 saturated carbocycles. The molecule has 1 aromatic carbocycles. The highest BCUT2D eigenvalue weighted by atomic mass is 16.5. The lowest BCUT2D eigenvalue weighted by Gasteiger charge is -2.31. The average molecular weight is 342 g/mol. The van der Waals surface area contributed by atoms with E-state index in [0.717, 1.165) is 19.4 Å². The van der Waals surface area contributed by atoms with Crippen LogP contribution in [0, 0.1) is 5.92 Å². The van der Waals surface area contributed by atoms with Crippen molar-refractivity contribution in [2.75, 3.05) is 37.5 Å². The van der Waals surface area contributed by atoms with E-state index in [9.17, 15) is 4.79 Å². The number of rotatable bonds is 5. The summed E-state index contributed by atoms with van der Waals surface area (Å²) in [4.78, 5) is 23.3. The second-order valence-corrected chi connectivity index (χ2v) is 5.92. The van der Waals surface area contributed by atoms with E-state index in [2.05, 4.69) is 20.2 Å². The molecular formula is C18H22N4O3. The first-order chi connectivity index (χ1) is 12.2. The molecular weight excluding hydrogens is 320 g/mol. The summed E-state index contributed by atoms with van der Waals surface area (Å²) >= 11 is 0. The van der Waals surface area contributed by atoms with Gasteiger partial charge in [-0.2, -0.15) is 0 Å². The molecule has 7 heteroatoms. The number of carbonyl (C=O) groups is 1. The molecule has 3 rings (SSSR count). The minimum Gasteiger partial charge on any atom is -0.497 e. The molecule has 0 aliphatic carbocycles. The molecule has 132 valence electrons. The Morgan fingerprint density at radius 3 is 2.48 bits per heavy atom. The highest BCUT2D eigenvalue weighted by Gasteiger charge is 2.27. The number of ether oxygens (including phenoxy) is 2. The van der Waals surface area contributed by atoms with Crippen LogP contribution < -0.4 is 19.7 Å². The lowest BCUT2D eigenvalue weighted by atomic mass is 9.97. The maximum Gasteiger partial charge on any atom is 0.229 e. The number of amides is 1. The van der Waals surface area contributed by atoms with Gasteiger partial charge in [-0.3, -0.25) is 4.79 Å². The van der Waals surface area contributed by atoms with Crippen molar-refractivity contribution in [1.82, 2.24) is 9.97 Å². The number of piperidine rings is 1. The Morgan fingerprint density at radius 1 is 1.16 bits per heavy atom. The molecule has 0 spiro atoms. The fourth-order valence-electron chi connectivity index (χ4n) is 2.95. The van der Waals surface area contributed by atoms with Crippen LogP contribution in [0.25, 0.3) is 0 Å². The molecule has 1 aromatic heterocycles. The maximum atomic E-state index is 12.7. The summed E-state index contributed by atoms with van der Waals surface area (Å²) in [5, 5.41) is 2.97. The zero-order valence-electron chi connectivity index (χ0n) is 14.4. The number of carbonyl (C=O) groups excluding carboxylic acids is 1. The lowest BCUT2D eigenvalue weighted by Crippen LogP contribution is -2.41. The van der Waals surface area contributed by atoms with Gasteiger partial charge >= 0.3 is 0 Å². The Morgan fingerprint density at radius 2 is 1.84 bits per heavy atom. The van der Waals surface area contributed by atoms with Crippen LogP contribution in [-0.4, -0.2) is 43.2 Å². The van der Waals surface area contributed by atoms with Crippen molar-refractivity contribution in [1.29, 1.82) is 0 Å². The van der Waals surface area contributed by atoms with Crippen molar-refractivity contribution in [3.05, 3.63) is 36.7 Å². The van der Waals surface area contributed by atoms with Crippen LogP contribution in [0.15, 0.2) is 36.7 Å². The number of aromatic nitrogens is 2. The Labute approximate surface area is 147 Å². The number of hydrogen-bond acceptors (Lipinski definition) is 6. The molecule has 1 atom stereocenters. The summed E-state index contributed by atoms with van der Waals surface area (Å²) in [6.07, 6.45) is 5.21. The molecule has 2 aromatic rings. The zero-order chi connectivity index (χ0) is 17.6. The molecule has 0 bridgehead atoms. The van der Waals surface area contributed by atoms with Gasteiger partial charge in [0.2, 0.25) is 11.9 Å². The van der Waals surface area contributed by atoms with E-state index in [0.29, 0.717) is 29.7 Å². The van der Waals surface area contributed by atoms with Crippen molar-refractivity contribution in [3.8, 4) is 11.5 Å². The van der Waals surface area contributed by atoms with Gasteiger partial charge in [0.05, 0.1) is 20.1 Å². The quantitative estimate of drug-likeness (QED) is 0.899. The second-order valence-electron chi connectivity index (χ2n) is 5.92. The van der Waals surface area contributed by atoms with E-state index in [1.54, 1.807) is 50.9 Å². The van der Waals surface area contributed by atoms with Crippen LogP contribution in [0.4, 0.5) is 11.6 Å². The smallest absolute Gasteiger partial charge is 0.229 e. The van der Waals surface area contributed by atoms with Gasteiger partial charge in [0.1, 0.15) is 11.5 Å². The largest absolute Gasteiger partial charge is 0.497 e. The average Bonchev–Trinajstić information content (AvgIpc) is 2.68. The third-order valence-electron chi connectivity index (χ3n) is 4.25. The normalized spacial score (nSPS) is 17.0. The number of nitrogens with zero attached hydrogens (tertiary/aromatic N) is 3. The van der Waals surface area contributed by atoms with Crippen LogP contribution in [0.1, 0.15) is 12.8 Å². The van der Waals surface area contributed by atoms with Crippen molar-refractivity contribution in [2.45, 2.75) is 12.8 Å². The molecule has 1 N–H and O–H groups in total. The first-order valence-electron chi connectivity index (χ1n) is 8.25. The van der Waals surface area contributed by atoms with Gasteiger partial charge in [0, 0.05) is 49.4 Å². The monoisotopic (exact) mass is 342 g/mol. The van der Waals surface area contributed by atoms with E-state index in [4.69, 9.17) is 9.47 Å². The minimum absolute atomic E-state index is 0.0177. The molecule has 0 radical (unpaired) electrons. The van der Waals surface area contributed by atoms with Gasteiger partial charge in [-0.15, -0.1) is 0 Å². The van der Waals surface area contributed by atoms with Gasteiger partial charge in [-0.05, 0) is 18.9 Å². The summed E-state index contributed by atoms with van der Waals surface area (Å²) < 4.78 is 10.5. The van der Waals surface area contributed by atoms with Gasteiger partial charge < -0.3 is 19.7 Å². The molecule has 1 amide bonds. The molecule has 25 heavy (non-hydrogen) atoms. The van der Waals surface area contributed by atoms with E-state index >= 15 is 0 Å². The highest BCUT2D eigenvalue weighted by Crippen LogP contribution is 2.27. The second kappa shape index (κ2) is 7.83. The van der Waals surface area contributed by atoms with Crippen LogP contribution in [-0.2, 0) is 4.79 Å². The predicted molar refractivity (Wildman–Crippen MR) is 95.1 cm³/mol. The van der Waals surface area contributed by atoms with E-state index in [1.165, 1.54) is 0 Å². The Hall–Kier alpha value is -2.83.